The van der Waals surface area contributed by atoms with Crippen molar-refractivity contribution in [3.05, 3.63) is 119 Å². The minimum atomic E-state index is -1.45. The Morgan fingerprint density at radius 2 is 1.61 bits per heavy atom. The molecule has 8 rings (SSSR count). The molecule has 4 aromatic rings. The van der Waals surface area contributed by atoms with Gasteiger partial charge >= 0.3 is 0 Å². The van der Waals surface area contributed by atoms with Crippen LogP contribution in [0.1, 0.15) is 36.8 Å². The highest BCUT2D eigenvalue weighted by atomic mass is 35.5. The van der Waals surface area contributed by atoms with E-state index in [1.807, 2.05) is 66.7 Å². The number of rotatable bonds is 4. The van der Waals surface area contributed by atoms with Gasteiger partial charge in [-0.2, -0.15) is 0 Å². The number of carbonyl (C=O) groups excluding carboxylic acids is 4. The van der Waals surface area contributed by atoms with Gasteiger partial charge in [-0.05, 0) is 66.3 Å². The summed E-state index contributed by atoms with van der Waals surface area (Å²) in [7, 11) is 0. The van der Waals surface area contributed by atoms with Crippen molar-refractivity contribution < 1.29 is 24.3 Å². The van der Waals surface area contributed by atoms with Crippen molar-refractivity contribution in [2.24, 2.45) is 23.7 Å². The largest absolute Gasteiger partial charge is 0.508 e. The van der Waals surface area contributed by atoms with Crippen LogP contribution in [0.25, 0.3) is 10.8 Å². The standard InChI is InChI=1S/C38H31ClN2O5/c1-2-40-34(43)27-17-16-26-28(31(27)36(40)45)20-29-35(44)41(24-13-8-12-23(39)19-24)37(46)38(29,22-10-4-3-5-11-22)33(26)32-25-14-7-6-9-21(25)15-18-30(32)42/h3-16,18-19,27-29,31,33,42H,2,17,20H2,1H3/t27-,28+,29-,31-,33+,38+/m0/s1. The molecule has 0 radical (unpaired) electrons. The second-order valence-corrected chi connectivity index (χ2v) is 13.2. The van der Waals surface area contributed by atoms with Crippen LogP contribution in [0.4, 0.5) is 5.69 Å². The molecule has 4 aromatic carbocycles. The summed E-state index contributed by atoms with van der Waals surface area (Å²) >= 11 is 6.39. The van der Waals surface area contributed by atoms with Crippen LogP contribution in [-0.2, 0) is 24.6 Å². The maximum absolute atomic E-state index is 15.4. The lowest BCUT2D eigenvalue weighted by molar-refractivity contribution is -0.140. The molecule has 2 heterocycles. The first-order chi connectivity index (χ1) is 22.3. The zero-order chi connectivity index (χ0) is 31.9. The van der Waals surface area contributed by atoms with Crippen LogP contribution in [0.2, 0.25) is 5.02 Å². The Labute approximate surface area is 271 Å². The summed E-state index contributed by atoms with van der Waals surface area (Å²) < 4.78 is 0. The van der Waals surface area contributed by atoms with Crippen LogP contribution in [-0.4, -0.2) is 40.2 Å². The number of phenolic OH excluding ortho intramolecular Hbond substituents is 1. The van der Waals surface area contributed by atoms with E-state index in [1.54, 1.807) is 37.3 Å². The predicted molar refractivity (Wildman–Crippen MR) is 174 cm³/mol. The van der Waals surface area contributed by atoms with Crippen molar-refractivity contribution in [2.75, 3.05) is 11.4 Å². The van der Waals surface area contributed by atoms with Gasteiger partial charge < -0.3 is 5.11 Å². The lowest BCUT2D eigenvalue weighted by Crippen LogP contribution is -2.53. The number of imide groups is 2. The van der Waals surface area contributed by atoms with Crippen molar-refractivity contribution in [2.45, 2.75) is 31.1 Å². The number of hydrogen-bond donors (Lipinski definition) is 1. The third-order valence-electron chi connectivity index (χ3n) is 10.8. The Morgan fingerprint density at radius 3 is 2.37 bits per heavy atom. The van der Waals surface area contributed by atoms with Crippen molar-refractivity contribution in [1.29, 1.82) is 0 Å². The van der Waals surface area contributed by atoms with Gasteiger partial charge in [0, 0.05) is 23.0 Å². The molecule has 0 aromatic heterocycles. The molecular formula is C38H31ClN2O5. The first-order valence-corrected chi connectivity index (χ1v) is 16.1. The quantitative estimate of drug-likeness (QED) is 0.209. The molecule has 0 unspecified atom stereocenters. The number of fused-ring (bicyclic) bond motifs is 5. The van der Waals surface area contributed by atoms with Gasteiger partial charge in [0.25, 0.3) is 0 Å². The second kappa shape index (κ2) is 10.4. The average molecular weight is 631 g/mol. The number of halogens is 1. The number of phenols is 1. The van der Waals surface area contributed by atoms with E-state index in [4.69, 9.17) is 11.6 Å². The van der Waals surface area contributed by atoms with Gasteiger partial charge in [0.15, 0.2) is 0 Å². The van der Waals surface area contributed by atoms with Crippen LogP contribution in [0, 0.1) is 23.7 Å². The third-order valence-corrected chi connectivity index (χ3v) is 11.0. The number of amides is 4. The highest BCUT2D eigenvalue weighted by molar-refractivity contribution is 6.32. The topological polar surface area (TPSA) is 95.0 Å². The SMILES string of the molecule is CCN1C(=O)[C@H]2[C@H](CC=C3[C@H]2C[C@H]2C(=O)N(c4cccc(Cl)c4)C(=O)[C@@]2(c2ccccc2)[C@H]3c2c(O)ccc3ccccc23)C1=O. The Balaban J connectivity index is 1.46. The smallest absolute Gasteiger partial charge is 0.246 e. The fourth-order valence-corrected chi connectivity index (χ4v) is 9.21. The van der Waals surface area contributed by atoms with Gasteiger partial charge in [0.1, 0.15) is 5.75 Å². The van der Waals surface area contributed by atoms with E-state index < -0.39 is 40.9 Å². The average Bonchev–Trinajstić information content (AvgIpc) is 3.45. The summed E-state index contributed by atoms with van der Waals surface area (Å²) in [5.41, 5.74) is 0.937. The Morgan fingerprint density at radius 1 is 0.848 bits per heavy atom. The maximum Gasteiger partial charge on any atom is 0.246 e. The van der Waals surface area contributed by atoms with Crippen molar-refractivity contribution in [3.8, 4) is 5.75 Å². The van der Waals surface area contributed by atoms with Gasteiger partial charge in [0.2, 0.25) is 23.6 Å². The molecule has 0 bridgehead atoms. The van der Waals surface area contributed by atoms with E-state index in [2.05, 4.69) is 0 Å². The number of aromatic hydroxyl groups is 1. The predicted octanol–water partition coefficient (Wildman–Crippen LogP) is 6.38. The molecular weight excluding hydrogens is 600 g/mol. The van der Waals surface area contributed by atoms with E-state index in [1.165, 1.54) is 9.80 Å². The molecule has 8 heteroatoms. The molecule has 6 atom stereocenters. The second-order valence-electron chi connectivity index (χ2n) is 12.7. The highest BCUT2D eigenvalue weighted by Crippen LogP contribution is 2.65. The molecule has 1 N–H and O–H groups in total. The van der Waals surface area contributed by atoms with E-state index in [0.717, 1.165) is 16.3 Å². The summed E-state index contributed by atoms with van der Waals surface area (Å²) in [5.74, 6) is -4.54. The molecule has 3 fully saturated rings. The number of benzene rings is 4. The van der Waals surface area contributed by atoms with Crippen LogP contribution in [0.5, 0.6) is 5.75 Å². The Kier molecular flexibility index (Phi) is 6.48. The lowest BCUT2D eigenvalue weighted by atomic mass is 9.48. The summed E-state index contributed by atoms with van der Waals surface area (Å²) in [5, 5.41) is 13.8. The van der Waals surface area contributed by atoms with Gasteiger partial charge in [0.05, 0.1) is 28.9 Å². The summed E-state index contributed by atoms with van der Waals surface area (Å²) in [6, 6.07) is 27.2. The molecule has 2 aliphatic carbocycles. The first kappa shape index (κ1) is 28.7. The van der Waals surface area contributed by atoms with Gasteiger partial charge in [-0.3, -0.25) is 24.1 Å². The zero-order valence-corrected chi connectivity index (χ0v) is 25.9. The minimum absolute atomic E-state index is 0.00638. The number of carbonyl (C=O) groups is 4. The number of anilines is 1. The molecule has 0 spiro atoms. The molecule has 1 saturated carbocycles. The maximum atomic E-state index is 15.4. The normalized spacial score (nSPS) is 28.7. The van der Waals surface area contributed by atoms with E-state index in [9.17, 15) is 19.5 Å². The van der Waals surface area contributed by atoms with Crippen molar-refractivity contribution in [1.82, 2.24) is 4.90 Å². The summed E-state index contributed by atoms with van der Waals surface area (Å²) in [6.45, 7) is 2.07. The number of likely N-dealkylation sites (tertiary alicyclic amines) is 1. The molecule has 4 aliphatic rings. The van der Waals surface area contributed by atoms with Crippen LogP contribution in [0.15, 0.2) is 103 Å². The Hall–Kier alpha value is -4.75. The third kappa shape index (κ3) is 3.72. The molecule has 230 valence electrons. The first-order valence-electron chi connectivity index (χ1n) is 15.7. The number of allylic oxidation sites excluding steroid dienone is 2. The van der Waals surface area contributed by atoms with Gasteiger partial charge in [-0.15, -0.1) is 0 Å². The number of hydrogen-bond acceptors (Lipinski definition) is 5. The zero-order valence-electron chi connectivity index (χ0n) is 25.1. The van der Waals surface area contributed by atoms with E-state index in [0.29, 0.717) is 28.3 Å². The van der Waals surface area contributed by atoms with E-state index >= 15 is 4.79 Å². The fraction of sp³-hybridized carbons (Fsp3) is 0.263. The summed E-state index contributed by atoms with van der Waals surface area (Å²) in [4.78, 5) is 60.1. The molecule has 4 amide bonds. The van der Waals surface area contributed by atoms with Crippen LogP contribution >= 0.6 is 11.6 Å². The minimum Gasteiger partial charge on any atom is -0.508 e. The van der Waals surface area contributed by atoms with Crippen molar-refractivity contribution in [3.63, 3.8) is 0 Å². The molecule has 46 heavy (non-hydrogen) atoms. The van der Waals surface area contributed by atoms with Crippen molar-refractivity contribution >= 4 is 51.7 Å². The van der Waals surface area contributed by atoms with Crippen LogP contribution in [0.3, 0.4) is 0 Å². The number of nitrogens with zero attached hydrogens (tertiary/aromatic N) is 2. The van der Waals surface area contributed by atoms with Crippen LogP contribution < -0.4 is 4.90 Å². The van der Waals surface area contributed by atoms with Gasteiger partial charge in [-0.1, -0.05) is 90.0 Å². The Bertz CT molecular complexity index is 2010. The van der Waals surface area contributed by atoms with Gasteiger partial charge in [-0.25, -0.2) is 4.90 Å². The fourth-order valence-electron chi connectivity index (χ4n) is 9.02. The monoisotopic (exact) mass is 630 g/mol. The molecule has 7 nitrogen and oxygen atoms in total. The lowest BCUT2D eigenvalue weighted by Gasteiger charge is -2.51. The molecule has 2 saturated heterocycles. The highest BCUT2D eigenvalue weighted by Gasteiger charge is 2.70. The summed E-state index contributed by atoms with van der Waals surface area (Å²) in [6.07, 6.45) is 2.57. The molecule has 2 aliphatic heterocycles. The van der Waals surface area contributed by atoms with E-state index in [-0.39, 0.29) is 36.4 Å².